The summed E-state index contributed by atoms with van der Waals surface area (Å²) in [5.41, 5.74) is 1.02. The predicted molar refractivity (Wildman–Crippen MR) is 106 cm³/mol. The molecule has 7 nitrogen and oxygen atoms in total. The average Bonchev–Trinajstić information content (AvgIpc) is 3.28. The molecule has 152 valence electrons. The Morgan fingerprint density at radius 3 is 2.29 bits per heavy atom. The van der Waals surface area contributed by atoms with Crippen LogP contribution in [0.15, 0.2) is 41.6 Å². The quantitative estimate of drug-likeness (QED) is 0.766. The van der Waals surface area contributed by atoms with Gasteiger partial charge < -0.3 is 9.67 Å². The molecular formula is C20H28N4O3S. The molecule has 3 heterocycles. The van der Waals surface area contributed by atoms with Gasteiger partial charge in [-0.05, 0) is 23.6 Å². The zero-order valence-electron chi connectivity index (χ0n) is 16.5. The van der Waals surface area contributed by atoms with Gasteiger partial charge in [0.2, 0.25) is 0 Å². The zero-order valence-corrected chi connectivity index (χ0v) is 17.3. The molecule has 2 aromatic rings. The maximum Gasteiger partial charge on any atom is 0.175 e. The van der Waals surface area contributed by atoms with Gasteiger partial charge in [0.15, 0.2) is 9.84 Å². The number of likely N-dealkylation sites (tertiary alicyclic amines) is 2. The third-order valence-electron chi connectivity index (χ3n) is 6.26. The summed E-state index contributed by atoms with van der Waals surface area (Å²) in [5, 5.41) is 10.2. The summed E-state index contributed by atoms with van der Waals surface area (Å²) in [6, 6.07) is 7.14. The minimum Gasteiger partial charge on any atom is -0.396 e. The Balaban J connectivity index is 1.40. The van der Waals surface area contributed by atoms with Crippen LogP contribution in [0.1, 0.15) is 11.4 Å². The van der Waals surface area contributed by atoms with E-state index in [1.165, 1.54) is 6.26 Å². The van der Waals surface area contributed by atoms with Gasteiger partial charge in [0.05, 0.1) is 18.0 Å². The highest BCUT2D eigenvalue weighted by molar-refractivity contribution is 7.90. The molecule has 2 aliphatic heterocycles. The minimum atomic E-state index is -3.16. The van der Waals surface area contributed by atoms with E-state index in [0.717, 1.165) is 50.7 Å². The van der Waals surface area contributed by atoms with Gasteiger partial charge in [-0.2, -0.15) is 0 Å². The van der Waals surface area contributed by atoms with Crippen LogP contribution in [0.2, 0.25) is 0 Å². The van der Waals surface area contributed by atoms with Crippen molar-refractivity contribution >= 4 is 9.84 Å². The molecule has 2 aliphatic rings. The summed E-state index contributed by atoms with van der Waals surface area (Å²) in [6.07, 6.45) is 5.01. The van der Waals surface area contributed by atoms with Crippen LogP contribution in [-0.2, 0) is 30.0 Å². The number of aliphatic hydroxyl groups is 1. The fourth-order valence-corrected chi connectivity index (χ4v) is 5.35. The van der Waals surface area contributed by atoms with E-state index in [4.69, 9.17) is 0 Å². The number of imidazole rings is 1. The van der Waals surface area contributed by atoms with Gasteiger partial charge >= 0.3 is 0 Å². The van der Waals surface area contributed by atoms with Crippen molar-refractivity contribution in [2.24, 2.45) is 18.4 Å². The van der Waals surface area contributed by atoms with E-state index in [-0.39, 0.29) is 12.0 Å². The number of hydrogen-bond donors (Lipinski definition) is 1. The summed E-state index contributed by atoms with van der Waals surface area (Å²) in [5.74, 6) is 1.49. The van der Waals surface area contributed by atoms with Crippen molar-refractivity contribution in [1.82, 2.24) is 19.4 Å². The van der Waals surface area contributed by atoms with Crippen molar-refractivity contribution < 1.29 is 13.5 Å². The fourth-order valence-electron chi connectivity index (χ4n) is 4.72. The highest BCUT2D eigenvalue weighted by Crippen LogP contribution is 2.43. The Hall–Kier alpha value is -1.74. The maximum absolute atomic E-state index is 11.6. The number of aliphatic hydroxyl groups excluding tert-OH is 1. The number of aromatic nitrogens is 2. The van der Waals surface area contributed by atoms with Crippen molar-refractivity contribution in [3.05, 3.63) is 48.0 Å². The average molecular weight is 405 g/mol. The number of rotatable bonds is 6. The number of nitrogens with zero attached hydrogens (tertiary/aromatic N) is 4. The Morgan fingerprint density at radius 1 is 1.14 bits per heavy atom. The second kappa shape index (κ2) is 7.26. The third kappa shape index (κ3) is 3.74. The second-order valence-corrected chi connectivity index (χ2v) is 10.4. The van der Waals surface area contributed by atoms with Gasteiger partial charge in [-0.1, -0.05) is 12.1 Å². The highest BCUT2D eigenvalue weighted by Gasteiger charge is 2.51. The van der Waals surface area contributed by atoms with E-state index < -0.39 is 9.84 Å². The monoisotopic (exact) mass is 404 g/mol. The SMILES string of the molecule is Cn1ccnc1CN1CC2CN(Cc3ccc(S(C)(=O)=O)cc3)CC2(CO)C1. The largest absolute Gasteiger partial charge is 0.396 e. The van der Waals surface area contributed by atoms with E-state index in [1.54, 1.807) is 12.1 Å². The first-order chi connectivity index (χ1) is 13.3. The van der Waals surface area contributed by atoms with E-state index in [1.807, 2.05) is 36.1 Å². The van der Waals surface area contributed by atoms with Crippen molar-refractivity contribution in [3.63, 3.8) is 0 Å². The van der Waals surface area contributed by atoms with Crippen LogP contribution >= 0.6 is 0 Å². The Morgan fingerprint density at radius 2 is 1.79 bits per heavy atom. The molecule has 2 unspecified atom stereocenters. The number of hydrogen-bond acceptors (Lipinski definition) is 6. The topological polar surface area (TPSA) is 78.7 Å². The van der Waals surface area contributed by atoms with Crippen LogP contribution in [0.25, 0.3) is 0 Å². The molecule has 0 radical (unpaired) electrons. The molecule has 8 heteroatoms. The number of fused-ring (bicyclic) bond motifs is 1. The van der Waals surface area contributed by atoms with Crippen LogP contribution < -0.4 is 0 Å². The fraction of sp³-hybridized carbons (Fsp3) is 0.550. The first-order valence-electron chi connectivity index (χ1n) is 9.60. The molecule has 0 spiro atoms. The number of benzene rings is 1. The van der Waals surface area contributed by atoms with Gasteiger partial charge in [0, 0.05) is 63.8 Å². The van der Waals surface area contributed by atoms with Gasteiger partial charge in [0.1, 0.15) is 5.82 Å². The molecule has 2 atom stereocenters. The molecular weight excluding hydrogens is 376 g/mol. The maximum atomic E-state index is 11.6. The van der Waals surface area contributed by atoms with E-state index in [2.05, 4.69) is 14.8 Å². The van der Waals surface area contributed by atoms with Gasteiger partial charge in [-0.25, -0.2) is 13.4 Å². The van der Waals surface area contributed by atoms with E-state index in [9.17, 15) is 13.5 Å². The molecule has 4 rings (SSSR count). The summed E-state index contributed by atoms with van der Waals surface area (Å²) < 4.78 is 25.3. The molecule has 2 fully saturated rings. The van der Waals surface area contributed by atoms with Gasteiger partial charge in [-0.3, -0.25) is 9.80 Å². The lowest BCUT2D eigenvalue weighted by molar-refractivity contribution is 0.110. The van der Waals surface area contributed by atoms with Crippen molar-refractivity contribution in [3.8, 4) is 0 Å². The van der Waals surface area contributed by atoms with Crippen LogP contribution in [0.3, 0.4) is 0 Å². The Labute approximate surface area is 166 Å². The van der Waals surface area contributed by atoms with Gasteiger partial charge in [-0.15, -0.1) is 0 Å². The Kier molecular flexibility index (Phi) is 5.07. The molecule has 0 bridgehead atoms. The molecule has 0 amide bonds. The lowest BCUT2D eigenvalue weighted by atomic mass is 9.82. The highest BCUT2D eigenvalue weighted by atomic mass is 32.2. The minimum absolute atomic E-state index is 0.0855. The van der Waals surface area contributed by atoms with Crippen molar-refractivity contribution in [2.45, 2.75) is 18.0 Å². The van der Waals surface area contributed by atoms with Crippen LogP contribution in [0.5, 0.6) is 0 Å². The standard InChI is InChI=1S/C20H28N4O3S/c1-22-8-7-21-19(22)12-24-11-17-10-23(13-20(17,14-24)15-25)9-16-3-5-18(6-4-16)28(2,26)27/h3-8,17,25H,9-15H2,1-2H3. The number of sulfone groups is 1. The molecule has 1 N–H and O–H groups in total. The van der Waals surface area contributed by atoms with Crippen LogP contribution in [0, 0.1) is 11.3 Å². The smallest absolute Gasteiger partial charge is 0.175 e. The normalized spacial score (nSPS) is 26.0. The van der Waals surface area contributed by atoms with Crippen molar-refractivity contribution in [1.29, 1.82) is 0 Å². The van der Waals surface area contributed by atoms with Crippen LogP contribution in [0.4, 0.5) is 0 Å². The second-order valence-electron chi connectivity index (χ2n) is 8.43. The molecule has 28 heavy (non-hydrogen) atoms. The molecule has 2 saturated heterocycles. The summed E-state index contributed by atoms with van der Waals surface area (Å²) in [4.78, 5) is 9.56. The van der Waals surface area contributed by atoms with Crippen LogP contribution in [-0.4, -0.2) is 71.9 Å². The third-order valence-corrected chi connectivity index (χ3v) is 7.39. The lowest BCUT2D eigenvalue weighted by Crippen LogP contribution is -2.37. The first kappa shape index (κ1) is 19.6. The lowest BCUT2D eigenvalue weighted by Gasteiger charge is -2.27. The first-order valence-corrected chi connectivity index (χ1v) is 11.5. The number of aryl methyl sites for hydroxylation is 1. The van der Waals surface area contributed by atoms with E-state index >= 15 is 0 Å². The molecule has 0 aliphatic carbocycles. The Bertz CT molecular complexity index is 941. The summed E-state index contributed by atoms with van der Waals surface area (Å²) in [7, 11) is -1.15. The molecule has 1 aromatic carbocycles. The summed E-state index contributed by atoms with van der Waals surface area (Å²) in [6.45, 7) is 5.45. The zero-order chi connectivity index (χ0) is 19.9. The van der Waals surface area contributed by atoms with Crippen molar-refractivity contribution in [2.75, 3.05) is 39.0 Å². The molecule has 0 saturated carbocycles. The summed E-state index contributed by atoms with van der Waals surface area (Å²) >= 11 is 0. The van der Waals surface area contributed by atoms with Gasteiger partial charge in [0.25, 0.3) is 0 Å². The van der Waals surface area contributed by atoms with E-state index in [0.29, 0.717) is 10.8 Å². The predicted octanol–water partition coefficient (Wildman–Crippen LogP) is 0.750. The molecule has 1 aromatic heterocycles.